The van der Waals surface area contributed by atoms with Gasteiger partial charge in [0.05, 0.1) is 19.8 Å². The Labute approximate surface area is 131 Å². The quantitative estimate of drug-likeness (QED) is 0.849. The number of rotatable bonds is 5. The number of hydrogen-bond donors (Lipinski definition) is 0. The molecule has 1 aromatic carbocycles. The Bertz CT molecular complexity index is 571. The van der Waals surface area contributed by atoms with Gasteiger partial charge in [-0.25, -0.2) is 0 Å². The largest absolute Gasteiger partial charge is 0.497 e. The van der Waals surface area contributed by atoms with Gasteiger partial charge in [0.1, 0.15) is 5.75 Å². The average Bonchev–Trinajstić information content (AvgIpc) is 2.57. The first-order valence-electron chi connectivity index (χ1n) is 7.69. The van der Waals surface area contributed by atoms with E-state index in [4.69, 9.17) is 9.47 Å². The topological polar surface area (TPSA) is 34.6 Å². The molecular weight excluding hydrogens is 276 g/mol. The van der Waals surface area contributed by atoms with Crippen molar-refractivity contribution in [1.29, 1.82) is 0 Å². The van der Waals surface area contributed by atoms with Gasteiger partial charge in [-0.15, -0.1) is 0 Å². The molecule has 0 radical (unpaired) electrons. The lowest BCUT2D eigenvalue weighted by molar-refractivity contribution is -0.0305. The van der Waals surface area contributed by atoms with Gasteiger partial charge in [-0.1, -0.05) is 18.2 Å². The van der Waals surface area contributed by atoms with Crippen molar-refractivity contribution in [1.82, 2.24) is 9.88 Å². The summed E-state index contributed by atoms with van der Waals surface area (Å²) in [5.41, 5.74) is 2.54. The van der Waals surface area contributed by atoms with E-state index in [1.165, 1.54) is 11.1 Å². The second kappa shape index (κ2) is 7.38. The van der Waals surface area contributed by atoms with Crippen LogP contribution in [-0.2, 0) is 17.7 Å². The maximum atomic E-state index is 5.92. The van der Waals surface area contributed by atoms with Gasteiger partial charge < -0.3 is 9.47 Å². The Morgan fingerprint density at radius 1 is 1.23 bits per heavy atom. The molecule has 1 aromatic heterocycles. The van der Waals surface area contributed by atoms with Gasteiger partial charge in [0.15, 0.2) is 0 Å². The van der Waals surface area contributed by atoms with Crippen LogP contribution in [0.4, 0.5) is 0 Å². The fourth-order valence-corrected chi connectivity index (χ4v) is 2.82. The van der Waals surface area contributed by atoms with Crippen LogP contribution in [0.15, 0.2) is 48.8 Å². The lowest BCUT2D eigenvalue weighted by Gasteiger charge is -2.33. The van der Waals surface area contributed by atoms with E-state index < -0.39 is 0 Å². The van der Waals surface area contributed by atoms with Crippen LogP contribution in [0, 0.1) is 0 Å². The monoisotopic (exact) mass is 298 g/mol. The predicted octanol–water partition coefficient (Wildman–Crippen LogP) is 2.53. The molecule has 2 aromatic rings. The molecular formula is C18H22N2O2. The molecule has 0 bridgehead atoms. The van der Waals surface area contributed by atoms with Crippen molar-refractivity contribution in [2.75, 3.05) is 26.8 Å². The molecule has 0 saturated carbocycles. The molecule has 4 heteroatoms. The van der Waals surface area contributed by atoms with Gasteiger partial charge in [-0.2, -0.15) is 0 Å². The SMILES string of the molecule is COc1ccc(CC2CN(Cc3cccnc3)CCO2)cc1. The van der Waals surface area contributed by atoms with Gasteiger partial charge in [0.2, 0.25) is 0 Å². The number of methoxy groups -OCH3 is 1. The zero-order chi connectivity index (χ0) is 15.2. The molecule has 1 atom stereocenters. The van der Waals surface area contributed by atoms with Crippen molar-refractivity contribution in [3.05, 3.63) is 59.9 Å². The van der Waals surface area contributed by atoms with E-state index in [1.54, 1.807) is 7.11 Å². The van der Waals surface area contributed by atoms with Crippen LogP contribution in [0.5, 0.6) is 5.75 Å². The minimum Gasteiger partial charge on any atom is -0.497 e. The Balaban J connectivity index is 1.55. The summed E-state index contributed by atoms with van der Waals surface area (Å²) in [6.07, 6.45) is 4.94. The number of nitrogens with zero attached hydrogens (tertiary/aromatic N) is 2. The van der Waals surface area contributed by atoms with Gasteiger partial charge in [-0.3, -0.25) is 9.88 Å². The van der Waals surface area contributed by atoms with E-state index in [-0.39, 0.29) is 6.10 Å². The van der Waals surface area contributed by atoms with Crippen LogP contribution in [0.25, 0.3) is 0 Å². The minimum absolute atomic E-state index is 0.249. The van der Waals surface area contributed by atoms with Crippen molar-refractivity contribution >= 4 is 0 Å². The highest BCUT2D eigenvalue weighted by Crippen LogP contribution is 2.16. The molecule has 1 aliphatic heterocycles. The van der Waals surface area contributed by atoms with Crippen molar-refractivity contribution < 1.29 is 9.47 Å². The molecule has 3 rings (SSSR count). The molecule has 1 fully saturated rings. The van der Waals surface area contributed by atoms with Crippen molar-refractivity contribution in [2.45, 2.75) is 19.1 Å². The van der Waals surface area contributed by atoms with E-state index in [2.05, 4.69) is 28.1 Å². The predicted molar refractivity (Wildman–Crippen MR) is 86.0 cm³/mol. The molecule has 4 nitrogen and oxygen atoms in total. The molecule has 0 aliphatic carbocycles. The molecule has 2 heterocycles. The summed E-state index contributed by atoms with van der Waals surface area (Å²) in [6, 6.07) is 12.4. The molecule has 1 saturated heterocycles. The normalized spacial score (nSPS) is 19.0. The lowest BCUT2D eigenvalue weighted by Crippen LogP contribution is -2.42. The maximum absolute atomic E-state index is 5.92. The molecule has 0 spiro atoms. The Morgan fingerprint density at radius 2 is 2.09 bits per heavy atom. The fourth-order valence-electron chi connectivity index (χ4n) is 2.82. The second-order valence-corrected chi connectivity index (χ2v) is 5.64. The highest BCUT2D eigenvalue weighted by Gasteiger charge is 2.20. The van der Waals surface area contributed by atoms with E-state index in [0.717, 1.165) is 38.4 Å². The number of ether oxygens (including phenoxy) is 2. The second-order valence-electron chi connectivity index (χ2n) is 5.64. The van der Waals surface area contributed by atoms with Crippen LogP contribution in [0.1, 0.15) is 11.1 Å². The average molecular weight is 298 g/mol. The third-order valence-electron chi connectivity index (χ3n) is 3.97. The number of benzene rings is 1. The molecule has 116 valence electrons. The molecule has 0 amide bonds. The minimum atomic E-state index is 0.249. The zero-order valence-corrected chi connectivity index (χ0v) is 12.9. The maximum Gasteiger partial charge on any atom is 0.118 e. The smallest absolute Gasteiger partial charge is 0.118 e. The van der Waals surface area contributed by atoms with Gasteiger partial charge in [0.25, 0.3) is 0 Å². The van der Waals surface area contributed by atoms with Crippen molar-refractivity contribution in [3.8, 4) is 5.75 Å². The first kappa shape index (κ1) is 15.0. The zero-order valence-electron chi connectivity index (χ0n) is 12.9. The standard InChI is InChI=1S/C18H22N2O2/c1-21-17-6-4-15(5-7-17)11-18-14-20(9-10-22-18)13-16-3-2-8-19-12-16/h2-8,12,18H,9-11,13-14H2,1H3. The first-order chi connectivity index (χ1) is 10.8. The summed E-state index contributed by atoms with van der Waals surface area (Å²) in [7, 11) is 1.69. The number of hydrogen-bond acceptors (Lipinski definition) is 4. The Kier molecular flexibility index (Phi) is 5.03. The highest BCUT2D eigenvalue weighted by atomic mass is 16.5. The number of pyridine rings is 1. The fraction of sp³-hybridized carbons (Fsp3) is 0.389. The van der Waals surface area contributed by atoms with Crippen LogP contribution in [0.3, 0.4) is 0 Å². The van der Waals surface area contributed by atoms with Crippen molar-refractivity contribution in [3.63, 3.8) is 0 Å². The van der Waals surface area contributed by atoms with Crippen LogP contribution >= 0.6 is 0 Å². The third-order valence-corrected chi connectivity index (χ3v) is 3.97. The molecule has 0 N–H and O–H groups in total. The number of aromatic nitrogens is 1. The third kappa shape index (κ3) is 4.06. The number of morpholine rings is 1. The lowest BCUT2D eigenvalue weighted by atomic mass is 10.1. The van der Waals surface area contributed by atoms with E-state index in [1.807, 2.05) is 30.6 Å². The summed E-state index contributed by atoms with van der Waals surface area (Å²) in [5.74, 6) is 0.895. The Hall–Kier alpha value is -1.91. The van der Waals surface area contributed by atoms with Crippen LogP contribution < -0.4 is 4.74 Å². The highest BCUT2D eigenvalue weighted by molar-refractivity contribution is 5.27. The van der Waals surface area contributed by atoms with Crippen LogP contribution in [-0.4, -0.2) is 42.8 Å². The van der Waals surface area contributed by atoms with Gasteiger partial charge in [0, 0.05) is 32.0 Å². The molecule has 22 heavy (non-hydrogen) atoms. The molecule has 1 aliphatic rings. The molecule has 1 unspecified atom stereocenters. The van der Waals surface area contributed by atoms with Crippen molar-refractivity contribution in [2.24, 2.45) is 0 Å². The van der Waals surface area contributed by atoms with E-state index in [0.29, 0.717) is 0 Å². The van der Waals surface area contributed by atoms with E-state index in [9.17, 15) is 0 Å². The summed E-state index contributed by atoms with van der Waals surface area (Å²) in [5, 5.41) is 0. The summed E-state index contributed by atoms with van der Waals surface area (Å²) < 4.78 is 11.1. The first-order valence-corrected chi connectivity index (χ1v) is 7.69. The summed E-state index contributed by atoms with van der Waals surface area (Å²) >= 11 is 0. The Morgan fingerprint density at radius 3 is 2.82 bits per heavy atom. The summed E-state index contributed by atoms with van der Waals surface area (Å²) in [6.45, 7) is 3.67. The van der Waals surface area contributed by atoms with Gasteiger partial charge in [-0.05, 0) is 35.7 Å². The van der Waals surface area contributed by atoms with E-state index >= 15 is 0 Å². The summed E-state index contributed by atoms with van der Waals surface area (Å²) in [4.78, 5) is 6.62. The van der Waals surface area contributed by atoms with Gasteiger partial charge >= 0.3 is 0 Å². The van der Waals surface area contributed by atoms with Crippen LogP contribution in [0.2, 0.25) is 0 Å².